The molecule has 0 aliphatic heterocycles. The molecule has 29 heavy (non-hydrogen) atoms. The second-order valence-electron chi connectivity index (χ2n) is 7.28. The second kappa shape index (κ2) is 10.0. The Kier molecular flexibility index (Phi) is 7.70. The van der Waals surface area contributed by atoms with Crippen molar-refractivity contribution >= 4 is 11.8 Å². The molecule has 2 aromatic rings. The number of hydrogen-bond acceptors (Lipinski definition) is 3. The van der Waals surface area contributed by atoms with Gasteiger partial charge < -0.3 is 15.0 Å². The van der Waals surface area contributed by atoms with E-state index in [-0.39, 0.29) is 30.0 Å². The van der Waals surface area contributed by atoms with Crippen LogP contribution in [0.4, 0.5) is 8.78 Å². The zero-order valence-corrected chi connectivity index (χ0v) is 17.0. The number of ether oxygens (including phenoxy) is 1. The van der Waals surface area contributed by atoms with Gasteiger partial charge in [-0.05, 0) is 42.7 Å². The van der Waals surface area contributed by atoms with Gasteiger partial charge in [-0.15, -0.1) is 0 Å². The van der Waals surface area contributed by atoms with E-state index in [4.69, 9.17) is 0 Å². The lowest BCUT2D eigenvalue weighted by atomic mass is 10.0. The third-order valence-corrected chi connectivity index (χ3v) is 4.48. The van der Waals surface area contributed by atoms with Crippen LogP contribution in [-0.2, 0) is 11.3 Å². The number of aryl methyl sites for hydroxylation is 1. The van der Waals surface area contributed by atoms with Gasteiger partial charge in [0.15, 0.2) is 0 Å². The van der Waals surface area contributed by atoms with Gasteiger partial charge in [0.1, 0.15) is 11.8 Å². The summed E-state index contributed by atoms with van der Waals surface area (Å²) >= 11 is 0. The maximum atomic E-state index is 12.9. The van der Waals surface area contributed by atoms with E-state index >= 15 is 0 Å². The molecule has 5 nitrogen and oxygen atoms in total. The zero-order valence-electron chi connectivity index (χ0n) is 17.0. The molecule has 1 unspecified atom stereocenters. The lowest BCUT2D eigenvalue weighted by molar-refractivity contribution is -0.133. The maximum Gasteiger partial charge on any atom is 0.387 e. The fourth-order valence-electron chi connectivity index (χ4n) is 2.81. The molecule has 0 bridgehead atoms. The minimum Gasteiger partial charge on any atom is -0.435 e. The first-order valence-corrected chi connectivity index (χ1v) is 9.33. The largest absolute Gasteiger partial charge is 0.435 e. The number of amides is 2. The molecule has 0 aliphatic carbocycles. The zero-order chi connectivity index (χ0) is 21.6. The number of carbonyl (C=O) groups is 2. The molecule has 0 radical (unpaired) electrons. The summed E-state index contributed by atoms with van der Waals surface area (Å²) in [7, 11) is 1.64. The van der Waals surface area contributed by atoms with Crippen molar-refractivity contribution in [3.63, 3.8) is 0 Å². The van der Waals surface area contributed by atoms with Crippen LogP contribution in [0.2, 0.25) is 0 Å². The molecule has 0 heterocycles. The fourth-order valence-corrected chi connectivity index (χ4v) is 2.81. The lowest BCUT2D eigenvalue weighted by Crippen LogP contribution is -2.50. The number of carbonyl (C=O) groups excluding carboxylic acids is 2. The van der Waals surface area contributed by atoms with Crippen molar-refractivity contribution in [2.75, 3.05) is 7.05 Å². The standard InChI is InChI=1S/C22H26F2N2O3/c1-14(2)19(25-20(27)17-9-5-15(3)6-10-17)21(28)26(4)13-16-7-11-18(12-8-16)29-22(23)24/h5-12,14,19,22H,13H2,1-4H3,(H,25,27). The Labute approximate surface area is 169 Å². The third kappa shape index (κ3) is 6.55. The minimum absolute atomic E-state index is 0.0585. The van der Waals surface area contributed by atoms with Gasteiger partial charge in [0.05, 0.1) is 0 Å². The van der Waals surface area contributed by atoms with Gasteiger partial charge in [-0.3, -0.25) is 9.59 Å². The second-order valence-corrected chi connectivity index (χ2v) is 7.28. The molecule has 2 amide bonds. The predicted molar refractivity (Wildman–Crippen MR) is 107 cm³/mol. The van der Waals surface area contributed by atoms with E-state index in [1.807, 2.05) is 32.9 Å². The number of rotatable bonds is 8. The quantitative estimate of drug-likeness (QED) is 0.723. The van der Waals surface area contributed by atoms with Crippen LogP contribution in [0.5, 0.6) is 5.75 Å². The van der Waals surface area contributed by atoms with Crippen LogP contribution >= 0.6 is 0 Å². The van der Waals surface area contributed by atoms with Crippen molar-refractivity contribution < 1.29 is 23.1 Å². The SMILES string of the molecule is Cc1ccc(C(=O)NC(C(=O)N(C)Cc2ccc(OC(F)F)cc2)C(C)C)cc1. The maximum absolute atomic E-state index is 12.9. The van der Waals surface area contributed by atoms with Crippen LogP contribution in [0.3, 0.4) is 0 Å². The Morgan fingerprint density at radius 2 is 1.62 bits per heavy atom. The van der Waals surface area contributed by atoms with Crippen LogP contribution in [0.1, 0.15) is 35.3 Å². The van der Waals surface area contributed by atoms with Gasteiger partial charge in [0.2, 0.25) is 5.91 Å². The summed E-state index contributed by atoms with van der Waals surface area (Å²) in [4.78, 5) is 26.9. The molecule has 0 saturated heterocycles. The topological polar surface area (TPSA) is 58.6 Å². The highest BCUT2D eigenvalue weighted by Crippen LogP contribution is 2.17. The summed E-state index contributed by atoms with van der Waals surface area (Å²) in [6, 6.07) is 12.5. The van der Waals surface area contributed by atoms with Crippen LogP contribution in [0.25, 0.3) is 0 Å². The summed E-state index contributed by atoms with van der Waals surface area (Å²) < 4.78 is 28.8. The monoisotopic (exact) mass is 404 g/mol. The number of halogens is 2. The summed E-state index contributed by atoms with van der Waals surface area (Å²) in [5.74, 6) is -0.586. The number of likely N-dealkylation sites (N-methyl/N-ethyl adjacent to an activating group) is 1. The molecule has 1 atom stereocenters. The predicted octanol–water partition coefficient (Wildman–Crippen LogP) is 4.01. The van der Waals surface area contributed by atoms with Crippen LogP contribution in [0.15, 0.2) is 48.5 Å². The van der Waals surface area contributed by atoms with Crippen molar-refractivity contribution in [3.05, 3.63) is 65.2 Å². The highest BCUT2D eigenvalue weighted by atomic mass is 19.3. The van der Waals surface area contributed by atoms with E-state index in [1.165, 1.54) is 17.0 Å². The van der Waals surface area contributed by atoms with Gasteiger partial charge in [-0.25, -0.2) is 0 Å². The van der Waals surface area contributed by atoms with E-state index in [2.05, 4.69) is 10.1 Å². The number of alkyl halides is 2. The number of hydrogen-bond donors (Lipinski definition) is 1. The van der Waals surface area contributed by atoms with Crippen molar-refractivity contribution in [1.82, 2.24) is 10.2 Å². The van der Waals surface area contributed by atoms with E-state index in [9.17, 15) is 18.4 Å². The Balaban J connectivity index is 2.03. The van der Waals surface area contributed by atoms with Crippen LogP contribution < -0.4 is 10.1 Å². The Hall–Kier alpha value is -2.96. The minimum atomic E-state index is -2.88. The fraction of sp³-hybridized carbons (Fsp3) is 0.364. The van der Waals surface area contributed by atoms with Gasteiger partial charge in [-0.1, -0.05) is 43.7 Å². The first kappa shape index (κ1) is 22.3. The van der Waals surface area contributed by atoms with Gasteiger partial charge in [0, 0.05) is 19.2 Å². The van der Waals surface area contributed by atoms with Crippen molar-refractivity contribution in [3.8, 4) is 5.75 Å². The molecule has 1 N–H and O–H groups in total. The van der Waals surface area contributed by atoms with Crippen molar-refractivity contribution in [2.45, 2.75) is 40.0 Å². The number of nitrogens with zero attached hydrogens (tertiary/aromatic N) is 1. The van der Waals surface area contributed by atoms with E-state index in [0.29, 0.717) is 5.56 Å². The van der Waals surface area contributed by atoms with Crippen LogP contribution in [-0.4, -0.2) is 36.4 Å². The lowest BCUT2D eigenvalue weighted by Gasteiger charge is -2.27. The summed E-state index contributed by atoms with van der Waals surface area (Å²) in [6.07, 6.45) is 0. The van der Waals surface area contributed by atoms with Crippen LogP contribution in [0, 0.1) is 12.8 Å². The van der Waals surface area contributed by atoms with E-state index in [0.717, 1.165) is 11.1 Å². The number of nitrogens with one attached hydrogen (secondary N) is 1. The third-order valence-electron chi connectivity index (χ3n) is 4.48. The van der Waals surface area contributed by atoms with Gasteiger partial charge in [0.25, 0.3) is 5.91 Å². The Morgan fingerprint density at radius 3 is 2.14 bits per heavy atom. The van der Waals surface area contributed by atoms with E-state index in [1.54, 1.807) is 31.3 Å². The first-order valence-electron chi connectivity index (χ1n) is 9.33. The molecular formula is C22H26F2N2O3. The molecule has 0 aromatic heterocycles. The average molecular weight is 404 g/mol. The Bertz CT molecular complexity index is 821. The first-order chi connectivity index (χ1) is 13.7. The molecule has 0 saturated carbocycles. The molecule has 7 heteroatoms. The Morgan fingerprint density at radius 1 is 1.03 bits per heavy atom. The average Bonchev–Trinajstić information content (AvgIpc) is 2.66. The molecule has 2 rings (SSSR count). The van der Waals surface area contributed by atoms with E-state index < -0.39 is 12.7 Å². The van der Waals surface area contributed by atoms with Gasteiger partial charge in [-0.2, -0.15) is 8.78 Å². The summed E-state index contributed by atoms with van der Waals surface area (Å²) in [6.45, 7) is 3.06. The summed E-state index contributed by atoms with van der Waals surface area (Å²) in [5.41, 5.74) is 2.30. The van der Waals surface area contributed by atoms with Crippen molar-refractivity contribution in [2.24, 2.45) is 5.92 Å². The molecule has 0 aliphatic rings. The highest BCUT2D eigenvalue weighted by molar-refractivity contribution is 5.97. The smallest absolute Gasteiger partial charge is 0.387 e. The number of benzene rings is 2. The molecule has 0 fully saturated rings. The van der Waals surface area contributed by atoms with Crippen molar-refractivity contribution in [1.29, 1.82) is 0 Å². The summed E-state index contributed by atoms with van der Waals surface area (Å²) in [5, 5.41) is 2.82. The normalized spacial score (nSPS) is 12.0. The molecule has 0 spiro atoms. The highest BCUT2D eigenvalue weighted by Gasteiger charge is 2.27. The molecule has 2 aromatic carbocycles. The molecular weight excluding hydrogens is 378 g/mol. The molecule has 156 valence electrons. The van der Waals surface area contributed by atoms with Gasteiger partial charge >= 0.3 is 6.61 Å².